The molecule has 7 rings (SSSR count). The van der Waals surface area contributed by atoms with Gasteiger partial charge in [-0.2, -0.15) is 0 Å². The number of hydrogen-bond donors (Lipinski definition) is 6. The highest BCUT2D eigenvalue weighted by atomic mass is 19.1. The van der Waals surface area contributed by atoms with Crippen LogP contribution >= 0.6 is 0 Å². The predicted molar refractivity (Wildman–Crippen MR) is 298 cm³/mol. The van der Waals surface area contributed by atoms with E-state index in [9.17, 15) is 28.8 Å². The summed E-state index contributed by atoms with van der Waals surface area (Å²) in [4.78, 5) is 105. The van der Waals surface area contributed by atoms with Crippen molar-refractivity contribution in [3.8, 4) is 0 Å². The number of likely N-dealkylation sites (N-methyl/N-ethyl adjacent to an activating group) is 2. The summed E-state index contributed by atoms with van der Waals surface area (Å²) in [6.45, 7) is 16.4. The summed E-state index contributed by atoms with van der Waals surface area (Å²) < 4.78 is 15.7. The van der Waals surface area contributed by atoms with Crippen LogP contribution in [0.3, 0.4) is 0 Å². The van der Waals surface area contributed by atoms with Crippen molar-refractivity contribution < 1.29 is 38.0 Å². The van der Waals surface area contributed by atoms with Gasteiger partial charge >= 0.3 is 0 Å². The standard InChI is InChI=1S/C61H80FN9O7/c1-36(63-10)53(72)67-51(60(4,5)6)58(77)70-34-43-21-13-12-20-42(43)31-50(70)57(76)69(38(3)45-23-16-17-25-47(45)62)33-39-27-29-41(30-28-39)55(74)65-44-32-49(56(75)66-48-26-18-22-40-19-14-15-24-46(40)48)71(35-44)59(78)52(61(7,8)9)68-54(73)37(2)64-11/h12-17,19-21,23-25,27-30,36-38,44,48-52,63-64H,18,22,26,31-35H2,1-11H3,(H,65,74)(H,66,75)(H,67,72)(H,68,73). The zero-order chi connectivity index (χ0) is 56.8. The second kappa shape index (κ2) is 24.8. The third-order valence-corrected chi connectivity index (χ3v) is 15.9. The summed E-state index contributed by atoms with van der Waals surface area (Å²) in [6, 6.07) is 21.8. The third-order valence-electron chi connectivity index (χ3n) is 15.9. The Morgan fingerprint density at radius 2 is 1.22 bits per heavy atom. The number of aryl methyl sites for hydroxylation is 1. The van der Waals surface area contributed by atoms with Gasteiger partial charge in [0.2, 0.25) is 35.4 Å². The van der Waals surface area contributed by atoms with Gasteiger partial charge in [-0.3, -0.25) is 33.6 Å². The fraction of sp³-hybridized carbons (Fsp3) is 0.492. The maximum atomic E-state index is 15.7. The average molecular weight is 1070 g/mol. The molecule has 9 unspecified atom stereocenters. The van der Waals surface area contributed by atoms with Gasteiger partial charge in [0.1, 0.15) is 30.0 Å². The lowest BCUT2D eigenvalue weighted by molar-refractivity contribution is -0.152. The van der Waals surface area contributed by atoms with Gasteiger partial charge in [0, 0.05) is 43.2 Å². The Morgan fingerprint density at radius 3 is 1.81 bits per heavy atom. The number of fused-ring (bicyclic) bond motifs is 2. The van der Waals surface area contributed by atoms with Crippen molar-refractivity contribution in [1.82, 2.24) is 46.6 Å². The van der Waals surface area contributed by atoms with Crippen LogP contribution in [-0.4, -0.2) is 119 Å². The van der Waals surface area contributed by atoms with E-state index in [0.29, 0.717) is 5.56 Å². The summed E-state index contributed by atoms with van der Waals surface area (Å²) in [5.41, 5.74) is 3.68. The number of halogens is 1. The molecule has 16 nitrogen and oxygen atoms in total. The molecule has 6 N–H and O–H groups in total. The third kappa shape index (κ3) is 13.5. The number of rotatable bonds is 17. The van der Waals surface area contributed by atoms with Crippen LogP contribution in [0.1, 0.15) is 137 Å². The first-order valence-electron chi connectivity index (χ1n) is 27.4. The van der Waals surface area contributed by atoms with Crippen molar-refractivity contribution in [1.29, 1.82) is 0 Å². The molecular weight excluding hydrogens is 990 g/mol. The minimum Gasteiger partial charge on any atom is -0.347 e. The Labute approximate surface area is 459 Å². The van der Waals surface area contributed by atoms with Crippen LogP contribution < -0.4 is 31.9 Å². The molecule has 0 bridgehead atoms. The molecule has 1 aliphatic carbocycles. The molecule has 17 heteroatoms. The van der Waals surface area contributed by atoms with Crippen LogP contribution in [0.25, 0.3) is 0 Å². The van der Waals surface area contributed by atoms with E-state index in [4.69, 9.17) is 0 Å². The van der Waals surface area contributed by atoms with Gasteiger partial charge in [-0.1, -0.05) is 120 Å². The van der Waals surface area contributed by atoms with Crippen molar-refractivity contribution in [2.24, 2.45) is 10.8 Å². The number of hydrogen-bond acceptors (Lipinski definition) is 9. The predicted octanol–water partition coefficient (Wildman–Crippen LogP) is 6.04. The highest BCUT2D eigenvalue weighted by Crippen LogP contribution is 2.35. The molecule has 0 spiro atoms. The highest BCUT2D eigenvalue weighted by Gasteiger charge is 2.47. The first-order chi connectivity index (χ1) is 36.9. The van der Waals surface area contributed by atoms with Gasteiger partial charge in [0.25, 0.3) is 5.91 Å². The Morgan fingerprint density at radius 1 is 0.667 bits per heavy atom. The lowest BCUT2D eigenvalue weighted by atomic mass is 9.84. The molecule has 78 heavy (non-hydrogen) atoms. The van der Waals surface area contributed by atoms with Crippen LogP contribution in [0.4, 0.5) is 4.39 Å². The summed E-state index contributed by atoms with van der Waals surface area (Å²) in [5.74, 6) is -3.29. The zero-order valence-electron chi connectivity index (χ0n) is 47.2. The quantitative estimate of drug-likeness (QED) is 0.0730. The van der Waals surface area contributed by atoms with Gasteiger partial charge in [0.15, 0.2) is 0 Å². The molecule has 1 fully saturated rings. The van der Waals surface area contributed by atoms with Gasteiger partial charge in [0.05, 0.1) is 24.2 Å². The highest BCUT2D eigenvalue weighted by molar-refractivity contribution is 5.97. The van der Waals surface area contributed by atoms with Crippen molar-refractivity contribution in [2.45, 2.75) is 162 Å². The van der Waals surface area contributed by atoms with E-state index in [2.05, 4.69) is 38.0 Å². The minimum absolute atomic E-state index is 0.0140. The van der Waals surface area contributed by atoms with Crippen LogP contribution in [0.2, 0.25) is 0 Å². The van der Waals surface area contributed by atoms with E-state index in [-0.39, 0.29) is 67.4 Å². The van der Waals surface area contributed by atoms with Crippen LogP contribution in [0.15, 0.2) is 97.1 Å². The lowest BCUT2D eigenvalue weighted by Crippen LogP contribution is -2.62. The first kappa shape index (κ1) is 58.7. The maximum absolute atomic E-state index is 15.7. The van der Waals surface area contributed by atoms with E-state index in [1.807, 2.05) is 84.0 Å². The molecule has 0 saturated carbocycles. The zero-order valence-corrected chi connectivity index (χ0v) is 47.2. The minimum atomic E-state index is -1.02. The number of carbonyl (C=O) groups is 7. The molecule has 0 radical (unpaired) electrons. The van der Waals surface area contributed by atoms with Gasteiger partial charge in [-0.05, 0) is 117 Å². The maximum Gasteiger partial charge on any atom is 0.251 e. The lowest BCUT2D eigenvalue weighted by Gasteiger charge is -2.43. The molecule has 9 atom stereocenters. The molecule has 3 aliphatic rings. The Balaban J connectivity index is 1.15. The van der Waals surface area contributed by atoms with Crippen LogP contribution in [0.5, 0.6) is 0 Å². The number of nitrogens with one attached hydrogen (secondary N) is 6. The normalized spacial score (nSPS) is 20.2. The molecule has 7 amide bonds. The van der Waals surface area contributed by atoms with Crippen molar-refractivity contribution >= 4 is 41.4 Å². The summed E-state index contributed by atoms with van der Waals surface area (Å²) in [6.07, 6.45) is 2.84. The Bertz CT molecular complexity index is 2850. The molecule has 2 heterocycles. The van der Waals surface area contributed by atoms with Crippen molar-refractivity contribution in [3.05, 3.63) is 142 Å². The Hall–Kier alpha value is -6.98. The number of benzene rings is 4. The average Bonchev–Trinajstić information content (AvgIpc) is 3.98. The van der Waals surface area contributed by atoms with E-state index < -0.39 is 88.6 Å². The molecule has 4 aromatic carbocycles. The van der Waals surface area contributed by atoms with E-state index in [1.54, 1.807) is 87.1 Å². The fourth-order valence-electron chi connectivity index (χ4n) is 10.8. The monoisotopic (exact) mass is 1070 g/mol. The van der Waals surface area contributed by atoms with Gasteiger partial charge in [-0.25, -0.2) is 4.39 Å². The van der Waals surface area contributed by atoms with Crippen LogP contribution in [-0.2, 0) is 54.7 Å². The van der Waals surface area contributed by atoms with E-state index in [1.165, 1.54) is 16.5 Å². The molecule has 2 aliphatic heterocycles. The molecular formula is C61H80FN9O7. The number of amides is 7. The topological polar surface area (TPSA) is 201 Å². The second-order valence-electron chi connectivity index (χ2n) is 23.5. The summed E-state index contributed by atoms with van der Waals surface area (Å²) >= 11 is 0. The van der Waals surface area contributed by atoms with Crippen LogP contribution in [0, 0.1) is 16.6 Å². The molecule has 4 aromatic rings. The van der Waals surface area contributed by atoms with Gasteiger partial charge in [-0.15, -0.1) is 0 Å². The second-order valence-corrected chi connectivity index (χ2v) is 23.5. The van der Waals surface area contributed by atoms with Crippen molar-refractivity contribution in [3.63, 3.8) is 0 Å². The summed E-state index contributed by atoms with van der Waals surface area (Å²) in [5, 5.41) is 18.0. The summed E-state index contributed by atoms with van der Waals surface area (Å²) in [7, 11) is 3.32. The fourth-order valence-corrected chi connectivity index (χ4v) is 10.8. The SMILES string of the molecule is CNC(C)C(=O)NC(C(=O)N1CC(NC(=O)c2ccc(CN(C(=O)C3Cc4ccccc4CN3C(=O)C(NC(=O)C(C)NC)C(C)(C)C)C(C)c3ccccc3F)cc2)CC1C(=O)NC1CCCc2ccccc21)C(C)(C)C. The largest absolute Gasteiger partial charge is 0.347 e. The molecule has 1 saturated heterocycles. The number of carbonyl (C=O) groups excluding carboxylic acids is 7. The molecule has 418 valence electrons. The molecule has 0 aromatic heterocycles. The van der Waals surface area contributed by atoms with E-state index in [0.717, 1.165) is 36.0 Å². The smallest absolute Gasteiger partial charge is 0.251 e. The first-order valence-corrected chi connectivity index (χ1v) is 27.4. The van der Waals surface area contributed by atoms with Crippen molar-refractivity contribution in [2.75, 3.05) is 20.6 Å². The van der Waals surface area contributed by atoms with Gasteiger partial charge < -0.3 is 46.6 Å². The van der Waals surface area contributed by atoms with E-state index >= 15 is 9.18 Å². The number of likely N-dealkylation sites (tertiary alicyclic amines) is 1. The Kier molecular flexibility index (Phi) is 18.6. The number of nitrogens with zero attached hydrogens (tertiary/aromatic N) is 3.